The highest BCUT2D eigenvalue weighted by Gasteiger charge is 2.38. The summed E-state index contributed by atoms with van der Waals surface area (Å²) in [7, 11) is 0. The van der Waals surface area contributed by atoms with Gasteiger partial charge in [-0.3, -0.25) is 19.5 Å². The average Bonchev–Trinajstić information content (AvgIpc) is 2.72. The lowest BCUT2D eigenvalue weighted by atomic mass is 10.3. The Morgan fingerprint density at radius 3 is 2.63 bits per heavy atom. The van der Waals surface area contributed by atoms with Crippen LogP contribution in [0, 0.1) is 0 Å². The van der Waals surface area contributed by atoms with Gasteiger partial charge in [-0.25, -0.2) is 4.79 Å². The van der Waals surface area contributed by atoms with Gasteiger partial charge in [0.05, 0.1) is 0 Å². The van der Waals surface area contributed by atoms with Gasteiger partial charge in [0.2, 0.25) is 11.8 Å². The Labute approximate surface area is 113 Å². The van der Waals surface area contributed by atoms with Crippen LogP contribution in [0.4, 0.5) is 0 Å². The number of carboxylic acid groups (broad SMARTS) is 1. The first-order valence-corrected chi connectivity index (χ1v) is 6.68. The number of imide groups is 1. The molecule has 1 aromatic rings. The van der Waals surface area contributed by atoms with E-state index < -0.39 is 23.8 Å². The molecule has 1 saturated heterocycles. The molecule has 2 rings (SSSR count). The predicted molar refractivity (Wildman–Crippen MR) is 67.5 cm³/mol. The van der Waals surface area contributed by atoms with Crippen LogP contribution in [0.25, 0.3) is 0 Å². The summed E-state index contributed by atoms with van der Waals surface area (Å²) in [5.74, 6) is -1.87. The van der Waals surface area contributed by atoms with E-state index in [2.05, 4.69) is 4.98 Å². The van der Waals surface area contributed by atoms with Crippen LogP contribution in [0.1, 0.15) is 12.8 Å². The highest BCUT2D eigenvalue weighted by Crippen LogP contribution is 2.23. The third-order valence-corrected chi connectivity index (χ3v) is 3.79. The second-order valence-electron chi connectivity index (χ2n) is 4.01. The zero-order chi connectivity index (χ0) is 13.8. The summed E-state index contributed by atoms with van der Waals surface area (Å²) in [6, 6.07) is 2.42. The number of carbonyl (C=O) groups excluding carboxylic acids is 2. The molecule has 1 fully saturated rings. The second kappa shape index (κ2) is 5.83. The van der Waals surface area contributed by atoms with Gasteiger partial charge >= 0.3 is 5.97 Å². The van der Waals surface area contributed by atoms with Crippen molar-refractivity contribution >= 4 is 29.5 Å². The summed E-state index contributed by atoms with van der Waals surface area (Å²) >= 11 is 1.26. The van der Waals surface area contributed by atoms with E-state index in [0.717, 1.165) is 9.80 Å². The Balaban J connectivity index is 2.07. The number of hydrogen-bond donors (Lipinski definition) is 1. The molecule has 1 aromatic heterocycles. The minimum absolute atomic E-state index is 0.0974. The van der Waals surface area contributed by atoms with Gasteiger partial charge in [0, 0.05) is 35.9 Å². The molecule has 0 aromatic carbocycles. The lowest BCUT2D eigenvalue weighted by Crippen LogP contribution is -2.46. The van der Waals surface area contributed by atoms with Crippen LogP contribution in [0.3, 0.4) is 0 Å². The SMILES string of the molecule is O=C(O)C(CSc1cccnc1)N1C(=O)CCC1=O. The Morgan fingerprint density at radius 1 is 1.42 bits per heavy atom. The molecule has 1 unspecified atom stereocenters. The quantitative estimate of drug-likeness (QED) is 0.633. The average molecular weight is 280 g/mol. The number of likely N-dealkylation sites (tertiary alicyclic amines) is 1. The lowest BCUT2D eigenvalue weighted by Gasteiger charge is -2.21. The summed E-state index contributed by atoms with van der Waals surface area (Å²) < 4.78 is 0. The molecule has 7 heteroatoms. The summed E-state index contributed by atoms with van der Waals surface area (Å²) in [6.45, 7) is 0. The first-order valence-electron chi connectivity index (χ1n) is 5.70. The van der Waals surface area contributed by atoms with Gasteiger partial charge in [0.25, 0.3) is 0 Å². The fraction of sp³-hybridized carbons (Fsp3) is 0.333. The Kier molecular flexibility index (Phi) is 4.16. The van der Waals surface area contributed by atoms with Crippen molar-refractivity contribution in [1.29, 1.82) is 0 Å². The van der Waals surface area contributed by atoms with E-state index in [1.807, 2.05) is 0 Å². The van der Waals surface area contributed by atoms with Gasteiger partial charge in [0.15, 0.2) is 0 Å². The maximum atomic E-state index is 11.6. The molecule has 6 nitrogen and oxygen atoms in total. The zero-order valence-electron chi connectivity index (χ0n) is 9.98. The molecular formula is C12H12N2O4S. The fourth-order valence-corrected chi connectivity index (χ4v) is 2.76. The first kappa shape index (κ1) is 13.5. The number of carboxylic acids is 1. The molecule has 1 atom stereocenters. The summed E-state index contributed by atoms with van der Waals surface area (Å²) in [5, 5.41) is 9.17. The predicted octanol–water partition coefficient (Wildman–Crippen LogP) is 0.776. The van der Waals surface area contributed by atoms with Crippen molar-refractivity contribution < 1.29 is 19.5 Å². The van der Waals surface area contributed by atoms with Crippen LogP contribution >= 0.6 is 11.8 Å². The third kappa shape index (κ3) is 3.11. The molecular weight excluding hydrogens is 268 g/mol. The van der Waals surface area contributed by atoms with E-state index in [4.69, 9.17) is 0 Å². The fourth-order valence-electron chi connectivity index (χ4n) is 1.81. The number of carbonyl (C=O) groups is 3. The molecule has 0 bridgehead atoms. The van der Waals surface area contributed by atoms with Gasteiger partial charge < -0.3 is 5.11 Å². The highest BCUT2D eigenvalue weighted by atomic mass is 32.2. The lowest BCUT2D eigenvalue weighted by molar-refractivity contribution is -0.153. The van der Waals surface area contributed by atoms with E-state index in [1.165, 1.54) is 11.8 Å². The number of thioether (sulfide) groups is 1. The number of hydrogen-bond acceptors (Lipinski definition) is 5. The molecule has 19 heavy (non-hydrogen) atoms. The van der Waals surface area contributed by atoms with Crippen molar-refractivity contribution in [2.75, 3.05) is 5.75 Å². The van der Waals surface area contributed by atoms with Crippen molar-refractivity contribution in [2.24, 2.45) is 0 Å². The van der Waals surface area contributed by atoms with Gasteiger partial charge in [-0.2, -0.15) is 0 Å². The molecule has 2 amide bonds. The Hall–Kier alpha value is -1.89. The topological polar surface area (TPSA) is 87.6 Å². The number of pyridine rings is 1. The molecule has 0 radical (unpaired) electrons. The van der Waals surface area contributed by atoms with Crippen molar-refractivity contribution in [3.05, 3.63) is 24.5 Å². The number of nitrogens with zero attached hydrogens (tertiary/aromatic N) is 2. The van der Waals surface area contributed by atoms with Crippen LogP contribution in [-0.4, -0.2) is 44.6 Å². The third-order valence-electron chi connectivity index (χ3n) is 2.73. The maximum absolute atomic E-state index is 11.6. The zero-order valence-corrected chi connectivity index (χ0v) is 10.8. The van der Waals surface area contributed by atoms with Gasteiger partial charge in [0.1, 0.15) is 6.04 Å². The number of amides is 2. The largest absolute Gasteiger partial charge is 0.480 e. The molecule has 0 saturated carbocycles. The second-order valence-corrected chi connectivity index (χ2v) is 5.10. The van der Waals surface area contributed by atoms with Gasteiger partial charge in [-0.15, -0.1) is 11.8 Å². The van der Waals surface area contributed by atoms with E-state index in [1.54, 1.807) is 24.5 Å². The Bertz CT molecular complexity index is 490. The van der Waals surface area contributed by atoms with E-state index in [9.17, 15) is 19.5 Å². The molecule has 2 heterocycles. The summed E-state index contributed by atoms with van der Waals surface area (Å²) in [4.78, 5) is 39.9. The van der Waals surface area contributed by atoms with Crippen molar-refractivity contribution in [2.45, 2.75) is 23.8 Å². The number of rotatable bonds is 5. The van der Waals surface area contributed by atoms with Gasteiger partial charge in [-0.1, -0.05) is 0 Å². The van der Waals surface area contributed by atoms with Crippen LogP contribution in [0.5, 0.6) is 0 Å². The van der Waals surface area contributed by atoms with E-state index in [-0.39, 0.29) is 18.6 Å². The van der Waals surface area contributed by atoms with E-state index >= 15 is 0 Å². The smallest absolute Gasteiger partial charge is 0.327 e. The van der Waals surface area contributed by atoms with Crippen LogP contribution < -0.4 is 0 Å². The minimum atomic E-state index is -1.17. The van der Waals surface area contributed by atoms with Crippen molar-refractivity contribution in [3.63, 3.8) is 0 Å². The first-order chi connectivity index (χ1) is 9.09. The standard InChI is InChI=1S/C12H12N2O4S/c15-10-3-4-11(16)14(10)9(12(17)18)7-19-8-2-1-5-13-6-8/h1-2,5-6,9H,3-4,7H2,(H,17,18). The monoisotopic (exact) mass is 280 g/mol. The van der Waals surface area contributed by atoms with Gasteiger partial charge in [-0.05, 0) is 12.1 Å². The molecule has 1 N–H and O–H groups in total. The number of aliphatic carboxylic acids is 1. The normalized spacial score (nSPS) is 16.7. The molecule has 1 aliphatic rings. The van der Waals surface area contributed by atoms with Crippen LogP contribution in [-0.2, 0) is 14.4 Å². The minimum Gasteiger partial charge on any atom is -0.480 e. The maximum Gasteiger partial charge on any atom is 0.327 e. The molecule has 0 spiro atoms. The number of aromatic nitrogens is 1. The molecule has 100 valence electrons. The highest BCUT2D eigenvalue weighted by molar-refractivity contribution is 7.99. The van der Waals surface area contributed by atoms with Crippen LogP contribution in [0.15, 0.2) is 29.4 Å². The van der Waals surface area contributed by atoms with Crippen molar-refractivity contribution in [1.82, 2.24) is 9.88 Å². The summed E-state index contributed by atoms with van der Waals surface area (Å²) in [5.41, 5.74) is 0. The molecule has 1 aliphatic heterocycles. The van der Waals surface area contributed by atoms with Crippen LogP contribution in [0.2, 0.25) is 0 Å². The summed E-state index contributed by atoms with van der Waals surface area (Å²) in [6.07, 6.45) is 3.42. The molecule has 0 aliphatic carbocycles. The Morgan fingerprint density at radius 2 is 2.11 bits per heavy atom. The van der Waals surface area contributed by atoms with Crippen molar-refractivity contribution in [3.8, 4) is 0 Å². The van der Waals surface area contributed by atoms with E-state index in [0.29, 0.717) is 0 Å².